The maximum absolute atomic E-state index is 12.8. The summed E-state index contributed by atoms with van der Waals surface area (Å²) in [5.41, 5.74) is 1.11. The number of hydrogen-bond acceptors (Lipinski definition) is 3. The molecule has 3 aliphatic rings. The van der Waals surface area contributed by atoms with Gasteiger partial charge in [-0.15, -0.1) is 0 Å². The van der Waals surface area contributed by atoms with Crippen molar-refractivity contribution in [2.75, 3.05) is 33.7 Å². The van der Waals surface area contributed by atoms with Crippen molar-refractivity contribution in [1.82, 2.24) is 9.80 Å². The third-order valence-electron chi connectivity index (χ3n) is 6.25. The number of rotatable bonds is 5. The van der Waals surface area contributed by atoms with Gasteiger partial charge in [-0.25, -0.2) is 0 Å². The summed E-state index contributed by atoms with van der Waals surface area (Å²) >= 11 is 5.92. The molecule has 0 aliphatic carbocycles. The minimum atomic E-state index is -0.0543. The first-order valence-electron chi connectivity index (χ1n) is 9.32. The summed E-state index contributed by atoms with van der Waals surface area (Å²) < 4.78 is 6.42. The van der Waals surface area contributed by atoms with Crippen LogP contribution < -0.4 is 0 Å². The molecule has 0 saturated carbocycles. The third kappa shape index (κ3) is 3.20. The molecule has 0 unspecified atom stereocenters. The lowest BCUT2D eigenvalue weighted by Gasteiger charge is -2.30. The van der Waals surface area contributed by atoms with Crippen LogP contribution in [0.15, 0.2) is 24.3 Å². The Hall–Kier alpha value is -1.10. The van der Waals surface area contributed by atoms with E-state index in [4.69, 9.17) is 16.3 Å². The van der Waals surface area contributed by atoms with Crippen molar-refractivity contribution >= 4 is 17.5 Å². The number of benzene rings is 1. The van der Waals surface area contributed by atoms with Crippen LogP contribution in [0.5, 0.6) is 0 Å². The minimum Gasteiger partial charge on any atom is -0.369 e. The Balaban J connectivity index is 1.38. The predicted molar refractivity (Wildman–Crippen MR) is 98.7 cm³/mol. The van der Waals surface area contributed by atoms with Crippen molar-refractivity contribution < 1.29 is 9.53 Å². The highest BCUT2D eigenvalue weighted by atomic mass is 35.5. The maximum Gasteiger partial charge on any atom is 0.223 e. The summed E-state index contributed by atoms with van der Waals surface area (Å²) in [6.45, 7) is 2.72. The molecule has 5 heteroatoms. The molecule has 1 aromatic rings. The van der Waals surface area contributed by atoms with Crippen molar-refractivity contribution in [3.05, 3.63) is 34.9 Å². The Morgan fingerprint density at radius 1 is 1.36 bits per heavy atom. The Morgan fingerprint density at radius 2 is 2.12 bits per heavy atom. The number of hydrogen-bond donors (Lipinski definition) is 0. The Bertz CT molecular complexity index is 648. The van der Waals surface area contributed by atoms with E-state index in [-0.39, 0.29) is 11.5 Å². The van der Waals surface area contributed by atoms with Gasteiger partial charge in [0, 0.05) is 36.4 Å². The number of halogens is 1. The highest BCUT2D eigenvalue weighted by Gasteiger charge is 2.63. The number of fused-ring (bicyclic) bond motifs is 1. The third-order valence-corrected chi connectivity index (χ3v) is 6.51. The van der Waals surface area contributed by atoms with Crippen LogP contribution in [-0.2, 0) is 16.0 Å². The number of ether oxygens (including phenoxy) is 1. The van der Waals surface area contributed by atoms with Crippen LogP contribution >= 0.6 is 11.6 Å². The molecule has 3 saturated heterocycles. The van der Waals surface area contributed by atoms with E-state index in [1.54, 1.807) is 0 Å². The number of aryl methyl sites for hydroxylation is 1. The van der Waals surface area contributed by atoms with Crippen LogP contribution in [0.25, 0.3) is 0 Å². The highest BCUT2D eigenvalue weighted by Crippen LogP contribution is 2.54. The van der Waals surface area contributed by atoms with E-state index in [2.05, 4.69) is 23.9 Å². The van der Waals surface area contributed by atoms with Crippen LogP contribution in [0.2, 0.25) is 5.02 Å². The van der Waals surface area contributed by atoms with Crippen LogP contribution in [0.4, 0.5) is 0 Å². The molecular weight excluding hydrogens is 336 g/mol. The van der Waals surface area contributed by atoms with E-state index in [1.807, 2.05) is 24.3 Å². The van der Waals surface area contributed by atoms with Gasteiger partial charge in [-0.3, -0.25) is 4.79 Å². The van der Waals surface area contributed by atoms with Crippen molar-refractivity contribution in [2.45, 2.75) is 37.4 Å². The molecule has 0 aromatic heterocycles. The Morgan fingerprint density at radius 3 is 2.84 bits per heavy atom. The molecule has 3 heterocycles. The fourth-order valence-electron chi connectivity index (χ4n) is 5.11. The highest BCUT2D eigenvalue weighted by molar-refractivity contribution is 6.30. The molecule has 4 nitrogen and oxygen atoms in total. The average Bonchev–Trinajstić information content (AvgIpc) is 3.23. The number of carbonyl (C=O) groups is 1. The van der Waals surface area contributed by atoms with Gasteiger partial charge in [0.05, 0.1) is 18.2 Å². The fraction of sp³-hybridized carbons (Fsp3) is 0.650. The van der Waals surface area contributed by atoms with E-state index in [1.165, 1.54) is 0 Å². The lowest BCUT2D eigenvalue weighted by Crippen LogP contribution is -2.40. The Labute approximate surface area is 155 Å². The predicted octanol–water partition coefficient (Wildman–Crippen LogP) is 2.84. The van der Waals surface area contributed by atoms with Gasteiger partial charge in [0.1, 0.15) is 0 Å². The number of likely N-dealkylation sites (tertiary alicyclic amines) is 1. The largest absolute Gasteiger partial charge is 0.369 e. The standard InChI is InChI=1S/C20H27ClN2O2/c1-22(2)11-16-17-12-23(13-20(17)10-9-18(16)25-20)19(24)8-5-14-3-6-15(21)7-4-14/h3-4,6-7,16-18H,5,8-13H2,1-2H3/t16-,17+,18+,20+/m0/s1. The minimum absolute atomic E-state index is 0.0543. The molecule has 3 aliphatic heterocycles. The van der Waals surface area contributed by atoms with Crippen molar-refractivity contribution in [2.24, 2.45) is 11.8 Å². The maximum atomic E-state index is 12.8. The van der Waals surface area contributed by atoms with Crippen molar-refractivity contribution in [3.8, 4) is 0 Å². The normalized spacial score (nSPS) is 33.3. The second-order valence-corrected chi connectivity index (χ2v) is 8.63. The van der Waals surface area contributed by atoms with Gasteiger partial charge in [0.25, 0.3) is 0 Å². The first kappa shape index (κ1) is 17.3. The summed E-state index contributed by atoms with van der Waals surface area (Å²) in [4.78, 5) is 17.1. The first-order chi connectivity index (χ1) is 12.0. The monoisotopic (exact) mass is 362 g/mol. The zero-order valence-corrected chi connectivity index (χ0v) is 15.8. The van der Waals surface area contributed by atoms with Crippen molar-refractivity contribution in [1.29, 1.82) is 0 Å². The van der Waals surface area contributed by atoms with E-state index >= 15 is 0 Å². The molecule has 4 rings (SSSR count). The summed E-state index contributed by atoms with van der Waals surface area (Å²) in [5, 5.41) is 0.737. The smallest absolute Gasteiger partial charge is 0.223 e. The van der Waals surface area contributed by atoms with Crippen LogP contribution in [0.1, 0.15) is 24.8 Å². The van der Waals surface area contributed by atoms with Gasteiger partial charge >= 0.3 is 0 Å². The number of carbonyl (C=O) groups excluding carboxylic acids is 1. The molecule has 1 spiro atoms. The van der Waals surface area contributed by atoms with Gasteiger partial charge in [-0.1, -0.05) is 23.7 Å². The number of nitrogens with zero attached hydrogens (tertiary/aromatic N) is 2. The molecule has 1 amide bonds. The molecule has 2 bridgehead atoms. The summed E-state index contributed by atoms with van der Waals surface area (Å²) in [6.07, 6.45) is 4.01. The van der Waals surface area contributed by atoms with Gasteiger partial charge in [0.15, 0.2) is 0 Å². The number of amides is 1. The molecule has 25 heavy (non-hydrogen) atoms. The summed E-state index contributed by atoms with van der Waals surface area (Å²) in [5.74, 6) is 1.33. The van der Waals surface area contributed by atoms with Crippen LogP contribution in [0, 0.1) is 11.8 Å². The van der Waals surface area contributed by atoms with Gasteiger partial charge < -0.3 is 14.5 Å². The van der Waals surface area contributed by atoms with Crippen LogP contribution in [0.3, 0.4) is 0 Å². The first-order valence-corrected chi connectivity index (χ1v) is 9.69. The van der Waals surface area contributed by atoms with Crippen LogP contribution in [-0.4, -0.2) is 61.1 Å². The van der Waals surface area contributed by atoms with E-state index in [0.717, 1.165) is 49.5 Å². The van der Waals surface area contributed by atoms with Gasteiger partial charge in [-0.2, -0.15) is 0 Å². The molecular formula is C20H27ClN2O2. The quantitative estimate of drug-likeness (QED) is 0.807. The molecule has 0 radical (unpaired) electrons. The van der Waals surface area contributed by atoms with Crippen molar-refractivity contribution in [3.63, 3.8) is 0 Å². The fourth-order valence-corrected chi connectivity index (χ4v) is 5.23. The second-order valence-electron chi connectivity index (χ2n) is 8.19. The molecule has 3 fully saturated rings. The van der Waals surface area contributed by atoms with E-state index in [9.17, 15) is 4.79 Å². The SMILES string of the molecule is CN(C)C[C@H]1[C@H]2CN(C(=O)CCc3ccc(Cl)cc3)C[C@]23CC[C@H]1O3. The summed E-state index contributed by atoms with van der Waals surface area (Å²) in [6, 6.07) is 7.79. The molecule has 136 valence electrons. The van der Waals surface area contributed by atoms with Gasteiger partial charge in [0.2, 0.25) is 5.91 Å². The lowest BCUT2D eigenvalue weighted by atomic mass is 9.73. The van der Waals surface area contributed by atoms with E-state index < -0.39 is 0 Å². The average molecular weight is 363 g/mol. The molecule has 4 atom stereocenters. The second kappa shape index (κ2) is 6.57. The van der Waals surface area contributed by atoms with E-state index in [0.29, 0.717) is 24.4 Å². The Kier molecular flexibility index (Phi) is 4.55. The molecule has 1 aromatic carbocycles. The lowest BCUT2D eigenvalue weighted by molar-refractivity contribution is -0.131. The van der Waals surface area contributed by atoms with Gasteiger partial charge in [-0.05, 0) is 51.1 Å². The zero-order chi connectivity index (χ0) is 17.6. The zero-order valence-electron chi connectivity index (χ0n) is 15.1. The topological polar surface area (TPSA) is 32.8 Å². The summed E-state index contributed by atoms with van der Waals surface area (Å²) in [7, 11) is 4.26. The molecule has 0 N–H and O–H groups in total.